The highest BCUT2D eigenvalue weighted by Gasteiger charge is 2.23. The van der Waals surface area contributed by atoms with Gasteiger partial charge in [-0.15, -0.1) is 0 Å². The van der Waals surface area contributed by atoms with Crippen LogP contribution < -0.4 is 0 Å². The fourth-order valence-corrected chi connectivity index (χ4v) is 2.70. The quantitative estimate of drug-likeness (QED) is 0.689. The summed E-state index contributed by atoms with van der Waals surface area (Å²) in [5.74, 6) is 0.638. The molecule has 0 bridgehead atoms. The van der Waals surface area contributed by atoms with E-state index in [1.807, 2.05) is 0 Å². The van der Waals surface area contributed by atoms with E-state index in [-0.39, 0.29) is 0 Å². The first kappa shape index (κ1) is 10.6. The van der Waals surface area contributed by atoms with Gasteiger partial charge in [0.05, 0.1) is 0 Å². The van der Waals surface area contributed by atoms with Gasteiger partial charge >= 0.3 is 0 Å². The molecule has 0 N–H and O–H groups in total. The van der Waals surface area contributed by atoms with E-state index < -0.39 is 0 Å². The average Bonchev–Trinajstić information content (AvgIpc) is 2.83. The summed E-state index contributed by atoms with van der Waals surface area (Å²) in [7, 11) is 0. The lowest BCUT2D eigenvalue weighted by Crippen LogP contribution is -1.87. The van der Waals surface area contributed by atoms with Crippen molar-refractivity contribution in [3.63, 3.8) is 0 Å². The molecule has 17 heavy (non-hydrogen) atoms. The first-order valence-corrected chi connectivity index (χ1v) is 6.43. The highest BCUT2D eigenvalue weighted by Crippen LogP contribution is 2.41. The zero-order valence-electron chi connectivity index (χ0n) is 10.5. The molecule has 0 aliphatic heterocycles. The molecule has 0 heterocycles. The van der Waals surface area contributed by atoms with Crippen LogP contribution in [-0.2, 0) is 6.42 Å². The second-order valence-corrected chi connectivity index (χ2v) is 5.35. The van der Waals surface area contributed by atoms with E-state index in [9.17, 15) is 0 Å². The molecule has 3 rings (SSSR count). The molecular formula is C17H18. The van der Waals surface area contributed by atoms with Crippen molar-refractivity contribution in [1.29, 1.82) is 0 Å². The highest BCUT2D eigenvalue weighted by atomic mass is 14.3. The SMILES string of the molecule is CC(C)C=CC1=CC2=C(C1)Cc1ccccc12. The largest absolute Gasteiger partial charge is 0.0817 e. The van der Waals surface area contributed by atoms with E-state index in [4.69, 9.17) is 0 Å². The molecule has 2 aliphatic rings. The van der Waals surface area contributed by atoms with Gasteiger partial charge in [-0.2, -0.15) is 0 Å². The van der Waals surface area contributed by atoms with Gasteiger partial charge in [0.15, 0.2) is 0 Å². The molecule has 0 aromatic heterocycles. The summed E-state index contributed by atoms with van der Waals surface area (Å²) in [5.41, 5.74) is 7.52. The molecule has 0 saturated carbocycles. The minimum Gasteiger partial charge on any atom is -0.0817 e. The van der Waals surface area contributed by atoms with Crippen molar-refractivity contribution < 1.29 is 0 Å². The maximum atomic E-state index is 2.38. The van der Waals surface area contributed by atoms with Crippen LogP contribution >= 0.6 is 0 Å². The van der Waals surface area contributed by atoms with E-state index in [0.29, 0.717) is 5.92 Å². The number of hydrogen-bond acceptors (Lipinski definition) is 0. The monoisotopic (exact) mass is 222 g/mol. The zero-order valence-corrected chi connectivity index (χ0v) is 10.5. The van der Waals surface area contributed by atoms with E-state index >= 15 is 0 Å². The van der Waals surface area contributed by atoms with Crippen LogP contribution in [0.2, 0.25) is 0 Å². The highest BCUT2D eigenvalue weighted by molar-refractivity contribution is 5.86. The second kappa shape index (κ2) is 4.03. The second-order valence-electron chi connectivity index (χ2n) is 5.35. The number of benzene rings is 1. The summed E-state index contributed by atoms with van der Waals surface area (Å²) >= 11 is 0. The molecule has 0 heteroatoms. The van der Waals surface area contributed by atoms with E-state index in [2.05, 4.69) is 56.3 Å². The Bertz CT molecular complexity index is 539. The van der Waals surface area contributed by atoms with Crippen molar-refractivity contribution in [1.82, 2.24) is 0 Å². The maximum Gasteiger partial charge on any atom is -0.00484 e. The summed E-state index contributed by atoms with van der Waals surface area (Å²) in [6, 6.07) is 8.79. The minimum absolute atomic E-state index is 0.638. The van der Waals surface area contributed by atoms with E-state index in [1.54, 1.807) is 5.57 Å². The molecule has 0 saturated heterocycles. The fraction of sp³-hybridized carbons (Fsp3) is 0.294. The predicted molar refractivity (Wildman–Crippen MR) is 73.7 cm³/mol. The fourth-order valence-electron chi connectivity index (χ4n) is 2.70. The standard InChI is InChI=1S/C17H18/c1-12(2)7-8-13-9-15-11-14-5-3-4-6-16(14)17(15)10-13/h3-8,10,12H,9,11H2,1-2H3. The molecule has 1 aromatic rings. The van der Waals surface area contributed by atoms with Gasteiger partial charge in [0, 0.05) is 0 Å². The number of allylic oxidation sites excluding steroid dienone is 6. The zero-order chi connectivity index (χ0) is 11.8. The van der Waals surface area contributed by atoms with Crippen LogP contribution in [-0.4, -0.2) is 0 Å². The van der Waals surface area contributed by atoms with Crippen LogP contribution in [0, 0.1) is 5.92 Å². The normalized spacial score (nSPS) is 17.9. The van der Waals surface area contributed by atoms with E-state index in [1.165, 1.54) is 22.3 Å². The Morgan fingerprint density at radius 3 is 2.76 bits per heavy atom. The van der Waals surface area contributed by atoms with Crippen LogP contribution in [0.1, 0.15) is 31.4 Å². The summed E-state index contributed by atoms with van der Waals surface area (Å²) in [6.45, 7) is 4.45. The summed E-state index contributed by atoms with van der Waals surface area (Å²) in [5, 5.41) is 0. The average molecular weight is 222 g/mol. The van der Waals surface area contributed by atoms with Gasteiger partial charge in [-0.1, -0.05) is 61.9 Å². The van der Waals surface area contributed by atoms with Gasteiger partial charge in [-0.25, -0.2) is 0 Å². The molecule has 0 radical (unpaired) electrons. The Hall–Kier alpha value is -1.56. The first-order chi connectivity index (χ1) is 8.24. The van der Waals surface area contributed by atoms with Crippen LogP contribution in [0.25, 0.3) is 5.57 Å². The van der Waals surface area contributed by atoms with Crippen molar-refractivity contribution >= 4 is 5.57 Å². The van der Waals surface area contributed by atoms with Crippen LogP contribution in [0.3, 0.4) is 0 Å². The molecule has 0 fully saturated rings. The molecule has 2 aliphatic carbocycles. The molecule has 0 nitrogen and oxygen atoms in total. The first-order valence-electron chi connectivity index (χ1n) is 6.43. The van der Waals surface area contributed by atoms with Gasteiger partial charge in [-0.3, -0.25) is 0 Å². The van der Waals surface area contributed by atoms with E-state index in [0.717, 1.165) is 12.8 Å². The van der Waals surface area contributed by atoms with Crippen molar-refractivity contribution in [2.45, 2.75) is 26.7 Å². The third-order valence-electron chi connectivity index (χ3n) is 3.53. The topological polar surface area (TPSA) is 0 Å². The number of rotatable bonds is 2. The van der Waals surface area contributed by atoms with Crippen LogP contribution in [0.4, 0.5) is 0 Å². The van der Waals surface area contributed by atoms with Crippen LogP contribution in [0.15, 0.2) is 53.6 Å². The van der Waals surface area contributed by atoms with Gasteiger partial charge in [0.25, 0.3) is 0 Å². The number of hydrogen-bond donors (Lipinski definition) is 0. The third-order valence-corrected chi connectivity index (χ3v) is 3.53. The van der Waals surface area contributed by atoms with Crippen molar-refractivity contribution in [3.05, 3.63) is 64.8 Å². The van der Waals surface area contributed by atoms with Gasteiger partial charge in [0.1, 0.15) is 0 Å². The lowest BCUT2D eigenvalue weighted by atomic mass is 10.0. The molecule has 0 amide bonds. The molecule has 0 unspecified atom stereocenters. The Morgan fingerprint density at radius 1 is 1.12 bits per heavy atom. The lowest BCUT2D eigenvalue weighted by Gasteiger charge is -2.02. The molecule has 86 valence electrons. The van der Waals surface area contributed by atoms with Crippen molar-refractivity contribution in [2.75, 3.05) is 0 Å². The Morgan fingerprint density at radius 2 is 1.94 bits per heavy atom. The third kappa shape index (κ3) is 1.88. The lowest BCUT2D eigenvalue weighted by molar-refractivity contribution is 0.830. The molecule has 1 aromatic carbocycles. The predicted octanol–water partition coefficient (Wildman–Crippen LogP) is 4.54. The Balaban J connectivity index is 1.88. The summed E-state index contributed by atoms with van der Waals surface area (Å²) in [4.78, 5) is 0. The van der Waals surface area contributed by atoms with Gasteiger partial charge in [-0.05, 0) is 41.0 Å². The Labute approximate surface area is 103 Å². The molecule has 0 spiro atoms. The van der Waals surface area contributed by atoms with Gasteiger partial charge < -0.3 is 0 Å². The molecular weight excluding hydrogens is 204 g/mol. The molecule has 0 atom stereocenters. The summed E-state index contributed by atoms with van der Waals surface area (Å²) in [6.07, 6.45) is 9.26. The van der Waals surface area contributed by atoms with Crippen LogP contribution in [0.5, 0.6) is 0 Å². The Kier molecular flexibility index (Phi) is 2.51. The van der Waals surface area contributed by atoms with Crippen molar-refractivity contribution in [2.24, 2.45) is 5.92 Å². The maximum absolute atomic E-state index is 2.38. The smallest absolute Gasteiger partial charge is 0.00484 e. The number of fused-ring (bicyclic) bond motifs is 2. The summed E-state index contributed by atoms with van der Waals surface area (Å²) < 4.78 is 0. The minimum atomic E-state index is 0.638. The van der Waals surface area contributed by atoms with Gasteiger partial charge in [0.2, 0.25) is 0 Å². The van der Waals surface area contributed by atoms with Crippen molar-refractivity contribution in [3.8, 4) is 0 Å².